The molecule has 1 aromatic carbocycles. The van der Waals surface area contributed by atoms with Crippen LogP contribution in [0.25, 0.3) is 0 Å². The van der Waals surface area contributed by atoms with E-state index in [1.165, 1.54) is 5.56 Å². The third-order valence-electron chi connectivity index (χ3n) is 4.98. The maximum Gasteiger partial charge on any atom is 0.224 e. The molecule has 1 aromatic heterocycles. The molecule has 0 saturated carbocycles. The molecule has 0 N–H and O–H groups in total. The number of piperidine rings is 1. The Morgan fingerprint density at radius 3 is 2.83 bits per heavy atom. The van der Waals surface area contributed by atoms with Gasteiger partial charge in [-0.25, -0.2) is 4.98 Å². The number of aryl methyl sites for hydroxylation is 1. The monoisotopic (exact) mass is 311 g/mol. The molecule has 0 aliphatic carbocycles. The highest BCUT2D eigenvalue weighted by atomic mass is 16.2. The number of imidazole rings is 1. The summed E-state index contributed by atoms with van der Waals surface area (Å²) in [6.07, 6.45) is 8.17. The van der Waals surface area contributed by atoms with E-state index < -0.39 is 0 Å². The Bertz CT molecular complexity index is 609. The molecule has 122 valence electrons. The summed E-state index contributed by atoms with van der Waals surface area (Å²) in [6, 6.07) is 10.8. The number of nitrogens with zero attached hydrogens (tertiary/aromatic N) is 3. The van der Waals surface area contributed by atoms with Gasteiger partial charge in [0.2, 0.25) is 5.91 Å². The Hall–Kier alpha value is -2.10. The van der Waals surface area contributed by atoms with Gasteiger partial charge in [0.05, 0.1) is 6.33 Å². The minimum absolute atomic E-state index is 0.267. The number of benzene rings is 1. The van der Waals surface area contributed by atoms with Crippen molar-refractivity contribution in [1.82, 2.24) is 14.5 Å². The number of rotatable bonds is 5. The fourth-order valence-corrected chi connectivity index (χ4v) is 3.61. The van der Waals surface area contributed by atoms with Crippen molar-refractivity contribution in [3.05, 3.63) is 54.6 Å². The number of carbonyl (C=O) groups excluding carboxylic acids is 1. The van der Waals surface area contributed by atoms with E-state index >= 15 is 0 Å². The van der Waals surface area contributed by atoms with Crippen LogP contribution in [-0.4, -0.2) is 33.4 Å². The zero-order chi connectivity index (χ0) is 16.1. The molecule has 1 fully saturated rings. The van der Waals surface area contributed by atoms with Gasteiger partial charge in [-0.1, -0.05) is 43.7 Å². The van der Waals surface area contributed by atoms with Gasteiger partial charge in [-0.2, -0.15) is 0 Å². The van der Waals surface area contributed by atoms with E-state index in [0.29, 0.717) is 24.8 Å². The van der Waals surface area contributed by atoms with E-state index in [-0.39, 0.29) is 5.91 Å². The van der Waals surface area contributed by atoms with E-state index in [1.54, 1.807) is 12.5 Å². The zero-order valence-corrected chi connectivity index (χ0v) is 13.8. The number of carbonyl (C=O) groups is 1. The second kappa shape index (κ2) is 7.44. The van der Waals surface area contributed by atoms with Gasteiger partial charge in [0, 0.05) is 38.4 Å². The highest BCUT2D eigenvalue weighted by molar-refractivity contribution is 5.76. The number of hydrogen-bond donors (Lipinski definition) is 0. The molecule has 0 bridgehead atoms. The average molecular weight is 311 g/mol. The first-order valence-corrected chi connectivity index (χ1v) is 8.56. The van der Waals surface area contributed by atoms with Gasteiger partial charge in [0.25, 0.3) is 0 Å². The number of hydrogen-bond acceptors (Lipinski definition) is 2. The van der Waals surface area contributed by atoms with Gasteiger partial charge >= 0.3 is 0 Å². The molecule has 0 spiro atoms. The third kappa shape index (κ3) is 3.81. The van der Waals surface area contributed by atoms with Gasteiger partial charge < -0.3 is 9.47 Å². The molecule has 2 heterocycles. The quantitative estimate of drug-likeness (QED) is 0.849. The Morgan fingerprint density at radius 2 is 2.13 bits per heavy atom. The summed E-state index contributed by atoms with van der Waals surface area (Å²) in [5.41, 5.74) is 1.42. The molecule has 23 heavy (non-hydrogen) atoms. The topological polar surface area (TPSA) is 38.1 Å². The Labute approximate surface area is 138 Å². The molecule has 4 heteroatoms. The molecule has 1 saturated heterocycles. The fraction of sp³-hybridized carbons (Fsp3) is 0.474. The minimum atomic E-state index is 0.267. The van der Waals surface area contributed by atoms with Gasteiger partial charge in [0.15, 0.2) is 0 Å². The maximum absolute atomic E-state index is 12.5. The Morgan fingerprint density at radius 1 is 1.30 bits per heavy atom. The van der Waals surface area contributed by atoms with Gasteiger partial charge in [-0.3, -0.25) is 4.79 Å². The first kappa shape index (κ1) is 15.8. The molecule has 4 nitrogen and oxygen atoms in total. The molecular formula is C19H25N3O. The lowest BCUT2D eigenvalue weighted by atomic mass is 9.79. The predicted molar refractivity (Wildman–Crippen MR) is 91.0 cm³/mol. The van der Waals surface area contributed by atoms with Gasteiger partial charge in [-0.05, 0) is 23.8 Å². The second-order valence-electron chi connectivity index (χ2n) is 6.36. The van der Waals surface area contributed by atoms with Crippen LogP contribution >= 0.6 is 0 Å². The summed E-state index contributed by atoms with van der Waals surface area (Å²) >= 11 is 0. The minimum Gasteiger partial charge on any atom is -0.342 e. The van der Waals surface area contributed by atoms with Crippen molar-refractivity contribution in [3.8, 4) is 0 Å². The lowest BCUT2D eigenvalue weighted by Gasteiger charge is -2.38. The summed E-state index contributed by atoms with van der Waals surface area (Å²) < 4.78 is 1.96. The number of amides is 1. The van der Waals surface area contributed by atoms with Crippen LogP contribution in [0.5, 0.6) is 0 Å². The van der Waals surface area contributed by atoms with Crippen LogP contribution in [0.4, 0.5) is 0 Å². The smallest absolute Gasteiger partial charge is 0.224 e. The molecule has 2 aromatic rings. The number of likely N-dealkylation sites (tertiary alicyclic amines) is 1. The standard InChI is InChI=1S/C19H25N3O/c1-2-16-14-22(19(23)9-11-21-13-10-20-15-21)12-8-18(16)17-6-4-3-5-7-17/h3-7,10,13,15-16,18H,2,8-9,11-12,14H2,1H3/t16-,18+/m1/s1. The fourth-order valence-electron chi connectivity index (χ4n) is 3.61. The summed E-state index contributed by atoms with van der Waals surface area (Å²) in [7, 11) is 0. The van der Waals surface area contributed by atoms with Crippen molar-refractivity contribution < 1.29 is 4.79 Å². The van der Waals surface area contributed by atoms with Crippen LogP contribution < -0.4 is 0 Å². The second-order valence-corrected chi connectivity index (χ2v) is 6.36. The summed E-state index contributed by atoms with van der Waals surface area (Å²) in [6.45, 7) is 4.71. The molecule has 1 amide bonds. The van der Waals surface area contributed by atoms with Crippen molar-refractivity contribution in [3.63, 3.8) is 0 Å². The SMILES string of the molecule is CC[C@@H]1CN(C(=O)CCn2ccnc2)CC[C@@H]1c1ccccc1. The molecular weight excluding hydrogens is 286 g/mol. The molecule has 1 aliphatic heterocycles. The van der Waals surface area contributed by atoms with E-state index in [9.17, 15) is 4.79 Å². The first-order chi connectivity index (χ1) is 11.3. The van der Waals surface area contributed by atoms with Crippen molar-refractivity contribution in [2.75, 3.05) is 13.1 Å². The van der Waals surface area contributed by atoms with Crippen molar-refractivity contribution in [2.24, 2.45) is 5.92 Å². The highest BCUT2D eigenvalue weighted by Gasteiger charge is 2.30. The summed E-state index contributed by atoms with van der Waals surface area (Å²) in [5.74, 6) is 1.41. The Balaban J connectivity index is 1.58. The van der Waals surface area contributed by atoms with Gasteiger partial charge in [-0.15, -0.1) is 0 Å². The van der Waals surface area contributed by atoms with E-state index in [4.69, 9.17) is 0 Å². The van der Waals surface area contributed by atoms with Crippen molar-refractivity contribution in [1.29, 1.82) is 0 Å². The zero-order valence-electron chi connectivity index (χ0n) is 13.8. The van der Waals surface area contributed by atoms with Crippen LogP contribution in [0.15, 0.2) is 49.1 Å². The molecule has 1 aliphatic rings. The van der Waals surface area contributed by atoms with Crippen molar-refractivity contribution in [2.45, 2.75) is 38.6 Å². The normalized spacial score (nSPS) is 21.3. The van der Waals surface area contributed by atoms with Gasteiger partial charge in [0.1, 0.15) is 0 Å². The molecule has 3 rings (SSSR count). The van der Waals surface area contributed by atoms with Crippen LogP contribution in [0.2, 0.25) is 0 Å². The first-order valence-electron chi connectivity index (χ1n) is 8.56. The molecule has 2 atom stereocenters. The van der Waals surface area contributed by atoms with Crippen molar-refractivity contribution >= 4 is 5.91 Å². The Kier molecular flexibility index (Phi) is 5.11. The largest absolute Gasteiger partial charge is 0.342 e. The average Bonchev–Trinajstić information content (AvgIpc) is 3.13. The lowest BCUT2D eigenvalue weighted by molar-refractivity contribution is -0.133. The number of aromatic nitrogens is 2. The molecule has 0 radical (unpaired) electrons. The third-order valence-corrected chi connectivity index (χ3v) is 4.98. The maximum atomic E-state index is 12.5. The highest BCUT2D eigenvalue weighted by Crippen LogP contribution is 2.34. The lowest BCUT2D eigenvalue weighted by Crippen LogP contribution is -2.43. The summed E-state index contributed by atoms with van der Waals surface area (Å²) in [5, 5.41) is 0. The van der Waals surface area contributed by atoms with E-state index in [0.717, 1.165) is 25.9 Å². The van der Waals surface area contributed by atoms with Crippen LogP contribution in [0.1, 0.15) is 37.7 Å². The van der Waals surface area contributed by atoms with Crippen LogP contribution in [0.3, 0.4) is 0 Å². The predicted octanol–water partition coefficient (Wildman–Crippen LogP) is 3.32. The summed E-state index contributed by atoms with van der Waals surface area (Å²) in [4.78, 5) is 18.6. The molecule has 0 unspecified atom stereocenters. The van der Waals surface area contributed by atoms with Crippen LogP contribution in [0, 0.1) is 5.92 Å². The van der Waals surface area contributed by atoms with Crippen LogP contribution in [-0.2, 0) is 11.3 Å². The van der Waals surface area contributed by atoms with E-state index in [1.807, 2.05) is 10.8 Å². The van der Waals surface area contributed by atoms with E-state index in [2.05, 4.69) is 47.1 Å².